The van der Waals surface area contributed by atoms with Crippen LogP contribution in [0.3, 0.4) is 0 Å². The predicted molar refractivity (Wildman–Crippen MR) is 95.6 cm³/mol. The number of carbonyl (C=O) groups excluding carboxylic acids is 1. The van der Waals surface area contributed by atoms with Crippen LogP contribution in [0.2, 0.25) is 0 Å². The lowest BCUT2D eigenvalue weighted by Crippen LogP contribution is -2.30. The first kappa shape index (κ1) is 17.1. The lowest BCUT2D eigenvalue weighted by Gasteiger charge is -2.26. The van der Waals surface area contributed by atoms with E-state index in [2.05, 4.69) is 0 Å². The second-order valence-electron chi connectivity index (χ2n) is 6.03. The van der Waals surface area contributed by atoms with Gasteiger partial charge < -0.3 is 19.1 Å². The number of benzene rings is 2. The van der Waals surface area contributed by atoms with Crippen molar-refractivity contribution in [1.82, 2.24) is 4.90 Å². The Morgan fingerprint density at radius 1 is 0.960 bits per heavy atom. The highest BCUT2D eigenvalue weighted by Crippen LogP contribution is 2.35. The van der Waals surface area contributed by atoms with E-state index >= 15 is 0 Å². The summed E-state index contributed by atoms with van der Waals surface area (Å²) in [6.07, 6.45) is 1.93. The van der Waals surface area contributed by atoms with Gasteiger partial charge >= 0.3 is 0 Å². The molecule has 1 saturated heterocycles. The lowest BCUT2D eigenvalue weighted by molar-refractivity contribution is 0.0734. The molecule has 132 valence electrons. The maximum absolute atomic E-state index is 13.1. The van der Waals surface area contributed by atoms with Crippen molar-refractivity contribution in [3.8, 4) is 17.2 Å². The monoisotopic (exact) mass is 341 g/mol. The molecule has 1 aliphatic heterocycles. The zero-order chi connectivity index (χ0) is 17.8. The van der Waals surface area contributed by atoms with Crippen molar-refractivity contribution in [3.63, 3.8) is 0 Å². The van der Waals surface area contributed by atoms with Crippen molar-refractivity contribution in [1.29, 1.82) is 0 Å². The molecule has 1 unspecified atom stereocenters. The molecule has 0 saturated carbocycles. The van der Waals surface area contributed by atoms with Gasteiger partial charge in [0.15, 0.2) is 0 Å². The molecule has 0 aromatic heterocycles. The van der Waals surface area contributed by atoms with Crippen LogP contribution in [0.4, 0.5) is 0 Å². The van der Waals surface area contributed by atoms with E-state index in [0.29, 0.717) is 17.1 Å². The molecule has 0 spiro atoms. The molecule has 3 rings (SSSR count). The molecule has 5 heteroatoms. The van der Waals surface area contributed by atoms with Crippen LogP contribution in [0.25, 0.3) is 0 Å². The molecule has 0 radical (unpaired) electrons. The van der Waals surface area contributed by atoms with Gasteiger partial charge in [-0.15, -0.1) is 0 Å². The highest BCUT2D eigenvalue weighted by Gasteiger charge is 2.31. The van der Waals surface area contributed by atoms with E-state index in [9.17, 15) is 4.79 Å². The molecule has 2 aromatic rings. The number of carbonyl (C=O) groups is 1. The number of ether oxygens (including phenoxy) is 3. The summed E-state index contributed by atoms with van der Waals surface area (Å²) in [4.78, 5) is 15.0. The van der Waals surface area contributed by atoms with Crippen molar-refractivity contribution in [2.45, 2.75) is 18.9 Å². The largest absolute Gasteiger partial charge is 0.497 e. The number of methoxy groups -OCH3 is 3. The summed E-state index contributed by atoms with van der Waals surface area (Å²) < 4.78 is 15.9. The fourth-order valence-corrected chi connectivity index (χ4v) is 3.30. The number of hydrogen-bond donors (Lipinski definition) is 0. The summed E-state index contributed by atoms with van der Waals surface area (Å²) in [5.41, 5.74) is 1.67. The minimum atomic E-state index is -0.0116. The van der Waals surface area contributed by atoms with Crippen molar-refractivity contribution in [2.24, 2.45) is 0 Å². The number of nitrogens with zero attached hydrogens (tertiary/aromatic N) is 1. The molecular weight excluding hydrogens is 318 g/mol. The summed E-state index contributed by atoms with van der Waals surface area (Å²) >= 11 is 0. The van der Waals surface area contributed by atoms with Crippen LogP contribution in [0.1, 0.15) is 34.8 Å². The topological polar surface area (TPSA) is 48.0 Å². The molecule has 1 heterocycles. The Hall–Kier alpha value is -2.69. The first-order valence-electron chi connectivity index (χ1n) is 8.34. The van der Waals surface area contributed by atoms with Crippen LogP contribution in [0.15, 0.2) is 42.5 Å². The summed E-state index contributed by atoms with van der Waals surface area (Å²) in [5.74, 6) is 2.02. The molecule has 2 aromatic carbocycles. The highest BCUT2D eigenvalue weighted by atomic mass is 16.5. The third-order valence-corrected chi connectivity index (χ3v) is 4.59. The normalized spacial score (nSPS) is 16.6. The Morgan fingerprint density at radius 2 is 1.64 bits per heavy atom. The lowest BCUT2D eigenvalue weighted by atomic mass is 10.0. The third kappa shape index (κ3) is 3.55. The third-order valence-electron chi connectivity index (χ3n) is 4.59. The average molecular weight is 341 g/mol. The number of rotatable bonds is 5. The molecule has 1 fully saturated rings. The van der Waals surface area contributed by atoms with Gasteiger partial charge in [-0.1, -0.05) is 12.1 Å². The van der Waals surface area contributed by atoms with Gasteiger partial charge in [0.05, 0.1) is 27.4 Å². The van der Waals surface area contributed by atoms with Gasteiger partial charge in [-0.3, -0.25) is 4.79 Å². The molecule has 5 nitrogen and oxygen atoms in total. The quantitative estimate of drug-likeness (QED) is 0.832. The van der Waals surface area contributed by atoms with Gasteiger partial charge in [0.25, 0.3) is 5.91 Å². The molecule has 25 heavy (non-hydrogen) atoms. The Morgan fingerprint density at radius 3 is 2.28 bits per heavy atom. The van der Waals surface area contributed by atoms with Gasteiger partial charge in [0.2, 0.25) is 0 Å². The summed E-state index contributed by atoms with van der Waals surface area (Å²) in [6, 6.07) is 13.3. The maximum Gasteiger partial charge on any atom is 0.254 e. The van der Waals surface area contributed by atoms with E-state index in [1.54, 1.807) is 39.5 Å². The predicted octanol–water partition coefficient (Wildman–Crippen LogP) is 3.69. The molecule has 0 N–H and O–H groups in total. The van der Waals surface area contributed by atoms with Crippen LogP contribution < -0.4 is 14.2 Å². The van der Waals surface area contributed by atoms with E-state index in [4.69, 9.17) is 14.2 Å². The Bertz CT molecular complexity index is 737. The van der Waals surface area contributed by atoms with Crippen LogP contribution in [0, 0.1) is 0 Å². The summed E-state index contributed by atoms with van der Waals surface area (Å²) in [5, 5.41) is 0. The van der Waals surface area contributed by atoms with Gasteiger partial charge in [0, 0.05) is 18.2 Å². The first-order chi connectivity index (χ1) is 12.2. The molecule has 1 aliphatic rings. The van der Waals surface area contributed by atoms with Crippen LogP contribution in [-0.2, 0) is 0 Å². The van der Waals surface area contributed by atoms with E-state index in [1.165, 1.54) is 0 Å². The Balaban J connectivity index is 1.90. The van der Waals surface area contributed by atoms with Crippen molar-refractivity contribution >= 4 is 5.91 Å². The smallest absolute Gasteiger partial charge is 0.254 e. The maximum atomic E-state index is 13.1. The minimum Gasteiger partial charge on any atom is -0.497 e. The van der Waals surface area contributed by atoms with Crippen molar-refractivity contribution in [2.75, 3.05) is 27.9 Å². The standard InChI is InChI=1S/C20H23NO4/c1-23-16-7-4-6-14(10-16)19-8-5-9-21(19)20(22)15-11-17(24-2)13-18(12-15)25-3/h4,6-7,10-13,19H,5,8-9H2,1-3H3. The van der Waals surface area contributed by atoms with Gasteiger partial charge in [-0.25, -0.2) is 0 Å². The van der Waals surface area contributed by atoms with Gasteiger partial charge in [-0.2, -0.15) is 0 Å². The Kier molecular flexibility index (Phi) is 5.12. The number of hydrogen-bond acceptors (Lipinski definition) is 4. The second kappa shape index (κ2) is 7.47. The SMILES string of the molecule is COc1cc(OC)cc(C(=O)N2CCCC2c2cccc(OC)c2)c1. The fourth-order valence-electron chi connectivity index (χ4n) is 3.30. The molecule has 1 atom stereocenters. The van der Waals surface area contributed by atoms with Crippen molar-refractivity contribution in [3.05, 3.63) is 53.6 Å². The van der Waals surface area contributed by atoms with E-state index in [0.717, 1.165) is 30.7 Å². The fraction of sp³-hybridized carbons (Fsp3) is 0.350. The molecular formula is C20H23NO4. The van der Waals surface area contributed by atoms with E-state index in [-0.39, 0.29) is 11.9 Å². The van der Waals surface area contributed by atoms with E-state index in [1.807, 2.05) is 29.2 Å². The van der Waals surface area contributed by atoms with Crippen LogP contribution in [-0.4, -0.2) is 38.7 Å². The first-order valence-corrected chi connectivity index (χ1v) is 8.34. The molecule has 1 amide bonds. The van der Waals surface area contributed by atoms with Gasteiger partial charge in [-0.05, 0) is 42.7 Å². The van der Waals surface area contributed by atoms with Gasteiger partial charge in [0.1, 0.15) is 17.2 Å². The average Bonchev–Trinajstić information content (AvgIpc) is 3.16. The number of amides is 1. The van der Waals surface area contributed by atoms with Crippen molar-refractivity contribution < 1.29 is 19.0 Å². The second-order valence-corrected chi connectivity index (χ2v) is 6.03. The minimum absolute atomic E-state index is 0.0116. The zero-order valence-corrected chi connectivity index (χ0v) is 14.8. The number of likely N-dealkylation sites (tertiary alicyclic amines) is 1. The summed E-state index contributed by atoms with van der Waals surface area (Å²) in [7, 11) is 4.81. The summed E-state index contributed by atoms with van der Waals surface area (Å²) in [6.45, 7) is 0.736. The Labute approximate surface area is 148 Å². The highest BCUT2D eigenvalue weighted by molar-refractivity contribution is 5.95. The zero-order valence-electron chi connectivity index (χ0n) is 14.8. The molecule has 0 bridgehead atoms. The van der Waals surface area contributed by atoms with Crippen LogP contribution >= 0.6 is 0 Å². The van der Waals surface area contributed by atoms with Crippen LogP contribution in [0.5, 0.6) is 17.2 Å². The van der Waals surface area contributed by atoms with E-state index < -0.39 is 0 Å². The molecule has 0 aliphatic carbocycles.